The maximum atomic E-state index is 12.5. The van der Waals surface area contributed by atoms with Crippen molar-refractivity contribution in [3.63, 3.8) is 0 Å². The topological polar surface area (TPSA) is 23.6 Å². The Hall–Kier alpha value is -1.00. The van der Waals surface area contributed by atoms with Crippen molar-refractivity contribution in [2.45, 2.75) is 31.8 Å². The summed E-state index contributed by atoms with van der Waals surface area (Å²) in [5.41, 5.74) is 1.38. The summed E-state index contributed by atoms with van der Waals surface area (Å²) in [6, 6.07) is 11.1. The Bertz CT molecular complexity index is 493. The minimum atomic E-state index is 0.366. The first-order valence-corrected chi connectivity index (χ1v) is 9.70. The zero-order valence-electron chi connectivity index (χ0n) is 13.4. The van der Waals surface area contributed by atoms with Crippen molar-refractivity contribution in [3.8, 4) is 0 Å². The third-order valence-corrected chi connectivity index (χ3v) is 5.49. The van der Waals surface area contributed by atoms with Crippen molar-refractivity contribution in [2.75, 3.05) is 31.6 Å². The Morgan fingerprint density at radius 3 is 2.77 bits per heavy atom. The molecule has 2 atom stereocenters. The number of hydrogen-bond acceptors (Lipinski definition) is 3. The summed E-state index contributed by atoms with van der Waals surface area (Å²) >= 11 is 1.76. The summed E-state index contributed by atoms with van der Waals surface area (Å²) in [6.07, 6.45) is 5.23. The van der Waals surface area contributed by atoms with Gasteiger partial charge >= 0.3 is 0 Å². The fourth-order valence-electron chi connectivity index (χ4n) is 3.79. The van der Waals surface area contributed by atoms with Crippen molar-refractivity contribution in [2.24, 2.45) is 5.92 Å². The van der Waals surface area contributed by atoms with Gasteiger partial charge in [0, 0.05) is 44.4 Å². The molecule has 1 aromatic rings. The Morgan fingerprint density at radius 1 is 1.18 bits per heavy atom. The molecule has 3 aliphatic rings. The maximum Gasteiger partial charge on any atom is 0.223 e. The summed E-state index contributed by atoms with van der Waals surface area (Å²) in [7, 11) is 0. The second-order valence-corrected chi connectivity index (χ2v) is 7.55. The SMILES string of the molecule is CSCCC(=O)N1C[C@H]2CC[C@@H]1CN(Cc1ccccc1)C2. The minimum Gasteiger partial charge on any atom is -0.338 e. The van der Waals surface area contributed by atoms with E-state index in [9.17, 15) is 4.79 Å². The summed E-state index contributed by atoms with van der Waals surface area (Å²) in [5.74, 6) is 1.96. The molecule has 4 heteroatoms. The zero-order chi connectivity index (χ0) is 15.4. The van der Waals surface area contributed by atoms with Gasteiger partial charge in [-0.05, 0) is 30.6 Å². The number of amides is 1. The molecule has 0 unspecified atom stereocenters. The molecule has 2 bridgehead atoms. The van der Waals surface area contributed by atoms with E-state index in [1.54, 1.807) is 11.8 Å². The number of thioether (sulfide) groups is 1. The number of nitrogens with zero attached hydrogens (tertiary/aromatic N) is 2. The minimum absolute atomic E-state index is 0.366. The highest BCUT2D eigenvalue weighted by molar-refractivity contribution is 7.98. The van der Waals surface area contributed by atoms with E-state index >= 15 is 0 Å². The van der Waals surface area contributed by atoms with Gasteiger partial charge in [-0.1, -0.05) is 30.3 Å². The van der Waals surface area contributed by atoms with E-state index < -0.39 is 0 Å². The van der Waals surface area contributed by atoms with E-state index in [2.05, 4.69) is 46.4 Å². The largest absolute Gasteiger partial charge is 0.338 e. The number of benzene rings is 1. The summed E-state index contributed by atoms with van der Waals surface area (Å²) in [6.45, 7) is 4.16. The van der Waals surface area contributed by atoms with Gasteiger partial charge in [-0.2, -0.15) is 11.8 Å². The lowest BCUT2D eigenvalue weighted by Crippen LogP contribution is -2.47. The standard InChI is InChI=1S/C18H26N2OS/c1-22-10-9-18(21)20-13-16-7-8-17(20)14-19(12-16)11-15-5-3-2-4-6-15/h2-6,16-17H,7-14H2,1H3/t16-,17+/m0/s1. The molecule has 4 rings (SSSR count). The van der Waals surface area contributed by atoms with Crippen LogP contribution in [0.1, 0.15) is 24.8 Å². The van der Waals surface area contributed by atoms with E-state index in [0.29, 0.717) is 24.3 Å². The molecule has 1 aromatic carbocycles. The third kappa shape index (κ3) is 3.85. The van der Waals surface area contributed by atoms with Gasteiger partial charge in [0.15, 0.2) is 0 Å². The van der Waals surface area contributed by atoms with Crippen LogP contribution in [0.4, 0.5) is 0 Å². The van der Waals surface area contributed by atoms with Crippen LogP contribution in [-0.4, -0.2) is 53.4 Å². The van der Waals surface area contributed by atoms with E-state index in [-0.39, 0.29) is 0 Å². The average Bonchev–Trinajstić information content (AvgIpc) is 2.84. The maximum absolute atomic E-state index is 12.5. The van der Waals surface area contributed by atoms with Crippen LogP contribution in [0.5, 0.6) is 0 Å². The summed E-state index contributed by atoms with van der Waals surface area (Å²) < 4.78 is 0. The molecule has 120 valence electrons. The molecule has 0 saturated carbocycles. The quantitative estimate of drug-likeness (QED) is 0.834. The molecule has 0 radical (unpaired) electrons. The monoisotopic (exact) mass is 318 g/mol. The van der Waals surface area contributed by atoms with E-state index in [1.807, 2.05) is 0 Å². The van der Waals surface area contributed by atoms with Crippen LogP contribution in [-0.2, 0) is 11.3 Å². The van der Waals surface area contributed by atoms with Crippen molar-refractivity contribution in [3.05, 3.63) is 35.9 Å². The summed E-state index contributed by atoms with van der Waals surface area (Å²) in [4.78, 5) is 17.2. The Labute approximate surface area is 138 Å². The van der Waals surface area contributed by atoms with Crippen LogP contribution in [0.3, 0.4) is 0 Å². The Kier molecular flexibility index (Phi) is 5.42. The van der Waals surface area contributed by atoms with Crippen molar-refractivity contribution >= 4 is 17.7 Å². The van der Waals surface area contributed by atoms with E-state index in [4.69, 9.17) is 0 Å². The fourth-order valence-corrected chi connectivity index (χ4v) is 4.17. The molecule has 0 aromatic heterocycles. The van der Waals surface area contributed by atoms with Crippen LogP contribution in [0.25, 0.3) is 0 Å². The molecule has 0 aliphatic carbocycles. The molecule has 3 fully saturated rings. The number of carbonyl (C=O) groups is 1. The first-order chi connectivity index (χ1) is 10.8. The van der Waals surface area contributed by atoms with Crippen LogP contribution >= 0.6 is 11.8 Å². The van der Waals surface area contributed by atoms with Crippen molar-refractivity contribution in [1.29, 1.82) is 0 Å². The molecule has 3 aliphatic heterocycles. The first kappa shape index (κ1) is 15.9. The van der Waals surface area contributed by atoms with Gasteiger partial charge in [-0.3, -0.25) is 9.69 Å². The molecule has 3 saturated heterocycles. The highest BCUT2D eigenvalue weighted by Gasteiger charge is 2.36. The third-order valence-electron chi connectivity index (χ3n) is 4.88. The average molecular weight is 318 g/mol. The molecule has 22 heavy (non-hydrogen) atoms. The van der Waals surface area contributed by atoms with Crippen LogP contribution in [0.2, 0.25) is 0 Å². The van der Waals surface area contributed by atoms with E-state index in [1.165, 1.54) is 18.4 Å². The smallest absolute Gasteiger partial charge is 0.223 e. The van der Waals surface area contributed by atoms with Gasteiger partial charge in [-0.25, -0.2) is 0 Å². The number of carbonyl (C=O) groups excluding carboxylic acids is 1. The second-order valence-electron chi connectivity index (χ2n) is 6.57. The van der Waals surface area contributed by atoms with Crippen molar-refractivity contribution in [1.82, 2.24) is 9.80 Å². The zero-order valence-corrected chi connectivity index (χ0v) is 14.2. The molecule has 3 heterocycles. The summed E-state index contributed by atoms with van der Waals surface area (Å²) in [5, 5.41) is 0. The second kappa shape index (κ2) is 7.51. The Morgan fingerprint density at radius 2 is 2.00 bits per heavy atom. The number of rotatable bonds is 5. The Balaban J connectivity index is 1.64. The van der Waals surface area contributed by atoms with Crippen LogP contribution in [0, 0.1) is 5.92 Å². The predicted octanol–water partition coefficient (Wildman–Crippen LogP) is 2.86. The molecular weight excluding hydrogens is 292 g/mol. The highest BCUT2D eigenvalue weighted by atomic mass is 32.2. The van der Waals surface area contributed by atoms with Crippen LogP contribution < -0.4 is 0 Å². The number of piperidine rings is 1. The lowest BCUT2D eigenvalue weighted by Gasteiger charge is -2.36. The van der Waals surface area contributed by atoms with Gasteiger partial charge in [0.1, 0.15) is 0 Å². The number of fused-ring (bicyclic) bond motifs is 4. The fraction of sp³-hybridized carbons (Fsp3) is 0.611. The first-order valence-electron chi connectivity index (χ1n) is 8.31. The van der Waals surface area contributed by atoms with Gasteiger partial charge in [0.25, 0.3) is 0 Å². The lowest BCUT2D eigenvalue weighted by atomic mass is 9.95. The molecule has 0 N–H and O–H groups in total. The molecule has 0 spiro atoms. The van der Waals surface area contributed by atoms with Crippen LogP contribution in [0.15, 0.2) is 30.3 Å². The van der Waals surface area contributed by atoms with E-state index in [0.717, 1.165) is 31.9 Å². The van der Waals surface area contributed by atoms with Gasteiger partial charge in [-0.15, -0.1) is 0 Å². The van der Waals surface area contributed by atoms with Gasteiger partial charge in [0.05, 0.1) is 0 Å². The molecule has 3 nitrogen and oxygen atoms in total. The van der Waals surface area contributed by atoms with Crippen molar-refractivity contribution < 1.29 is 4.79 Å². The molecule has 1 amide bonds. The lowest BCUT2D eigenvalue weighted by molar-refractivity contribution is -0.134. The predicted molar refractivity (Wildman–Crippen MR) is 92.9 cm³/mol. The normalized spacial score (nSPS) is 25.2. The van der Waals surface area contributed by atoms with Gasteiger partial charge in [0.2, 0.25) is 5.91 Å². The highest BCUT2D eigenvalue weighted by Crippen LogP contribution is 2.29. The molecular formula is C18H26N2OS. The number of hydrogen-bond donors (Lipinski definition) is 0. The van der Waals surface area contributed by atoms with Gasteiger partial charge < -0.3 is 4.90 Å².